The molecule has 1 amide bonds. The number of carbonyl (C=O) groups excluding carboxylic acids is 1. The molecule has 1 aromatic rings. The van der Waals surface area contributed by atoms with Gasteiger partial charge in [0.25, 0.3) is 0 Å². The van der Waals surface area contributed by atoms with Gasteiger partial charge in [0, 0.05) is 30.6 Å². The van der Waals surface area contributed by atoms with E-state index >= 15 is 0 Å². The van der Waals surface area contributed by atoms with Gasteiger partial charge >= 0.3 is 0 Å². The van der Waals surface area contributed by atoms with Gasteiger partial charge in [0.15, 0.2) is 0 Å². The summed E-state index contributed by atoms with van der Waals surface area (Å²) in [7, 11) is 0. The van der Waals surface area contributed by atoms with Gasteiger partial charge in [-0.2, -0.15) is 0 Å². The van der Waals surface area contributed by atoms with Gasteiger partial charge in [0.05, 0.1) is 0 Å². The topological polar surface area (TPSA) is 46.3 Å². The second kappa shape index (κ2) is 8.18. The number of halogens is 1. The van der Waals surface area contributed by atoms with Crippen molar-refractivity contribution in [3.05, 3.63) is 34.9 Å². The van der Waals surface area contributed by atoms with E-state index in [0.29, 0.717) is 24.5 Å². The Labute approximate surface area is 120 Å². The second-order valence-corrected chi connectivity index (χ2v) is 5.23. The Morgan fingerprint density at radius 1 is 1.42 bits per heavy atom. The molecule has 0 radical (unpaired) electrons. The summed E-state index contributed by atoms with van der Waals surface area (Å²) in [6, 6.07) is 7.57. The van der Waals surface area contributed by atoms with E-state index in [1.807, 2.05) is 36.1 Å². The summed E-state index contributed by atoms with van der Waals surface area (Å²) in [5.74, 6) is 0.114. The van der Waals surface area contributed by atoms with Crippen LogP contribution in [-0.4, -0.2) is 23.4 Å². The molecule has 1 unspecified atom stereocenters. The molecule has 0 aliphatic rings. The zero-order chi connectivity index (χ0) is 14.3. The predicted molar refractivity (Wildman–Crippen MR) is 80.0 cm³/mol. The van der Waals surface area contributed by atoms with Crippen molar-refractivity contribution in [2.24, 2.45) is 5.73 Å². The van der Waals surface area contributed by atoms with Crippen molar-refractivity contribution >= 4 is 17.5 Å². The summed E-state index contributed by atoms with van der Waals surface area (Å²) in [4.78, 5) is 14.0. The number of hydrogen-bond acceptors (Lipinski definition) is 2. The summed E-state index contributed by atoms with van der Waals surface area (Å²) in [6.07, 6.45) is 2.32. The number of nitrogens with zero attached hydrogens (tertiary/aromatic N) is 1. The van der Waals surface area contributed by atoms with Gasteiger partial charge in [-0.05, 0) is 31.0 Å². The average Bonchev–Trinajstić information content (AvgIpc) is 2.36. The molecule has 3 nitrogen and oxygen atoms in total. The molecular weight excluding hydrogens is 260 g/mol. The summed E-state index contributed by atoms with van der Waals surface area (Å²) >= 11 is 5.95. The van der Waals surface area contributed by atoms with Crippen LogP contribution in [0.2, 0.25) is 5.02 Å². The Bertz CT molecular complexity index is 409. The minimum atomic E-state index is -0.0362. The summed E-state index contributed by atoms with van der Waals surface area (Å²) in [6.45, 7) is 5.33. The molecule has 0 fully saturated rings. The lowest BCUT2D eigenvalue weighted by atomic mass is 10.1. The average molecular weight is 283 g/mol. The number of carbonyl (C=O) groups is 1. The van der Waals surface area contributed by atoms with E-state index in [0.717, 1.165) is 18.4 Å². The molecule has 0 heterocycles. The normalized spacial score (nSPS) is 12.2. The highest BCUT2D eigenvalue weighted by Crippen LogP contribution is 2.13. The molecule has 0 bridgehead atoms. The summed E-state index contributed by atoms with van der Waals surface area (Å²) < 4.78 is 0. The number of benzene rings is 1. The van der Waals surface area contributed by atoms with Crippen LogP contribution in [0, 0.1) is 0 Å². The predicted octanol–water partition coefficient (Wildman–Crippen LogP) is 3.21. The SMILES string of the molecule is CCCC(N)CC(=O)N(CC)Cc1cccc(Cl)c1. The number of nitrogens with two attached hydrogens (primary N) is 1. The van der Waals surface area contributed by atoms with Gasteiger partial charge in [-0.1, -0.05) is 37.1 Å². The van der Waals surface area contributed by atoms with Gasteiger partial charge in [-0.25, -0.2) is 0 Å². The van der Waals surface area contributed by atoms with E-state index in [9.17, 15) is 4.79 Å². The smallest absolute Gasteiger partial charge is 0.224 e. The molecule has 0 saturated carbocycles. The highest BCUT2D eigenvalue weighted by molar-refractivity contribution is 6.30. The van der Waals surface area contributed by atoms with E-state index in [1.165, 1.54) is 0 Å². The van der Waals surface area contributed by atoms with Crippen LogP contribution < -0.4 is 5.73 Å². The standard InChI is InChI=1S/C15H23ClN2O/c1-3-6-14(17)10-15(19)18(4-2)11-12-7-5-8-13(16)9-12/h5,7-9,14H,3-4,6,10-11,17H2,1-2H3. The van der Waals surface area contributed by atoms with Crippen molar-refractivity contribution in [2.45, 2.75) is 45.7 Å². The molecule has 0 saturated heterocycles. The van der Waals surface area contributed by atoms with Crippen molar-refractivity contribution in [2.75, 3.05) is 6.54 Å². The zero-order valence-electron chi connectivity index (χ0n) is 11.7. The molecule has 1 aromatic carbocycles. The lowest BCUT2D eigenvalue weighted by molar-refractivity contribution is -0.132. The third-order valence-corrected chi connectivity index (χ3v) is 3.33. The summed E-state index contributed by atoms with van der Waals surface area (Å²) in [5.41, 5.74) is 6.97. The van der Waals surface area contributed by atoms with Crippen molar-refractivity contribution < 1.29 is 4.79 Å². The maximum absolute atomic E-state index is 12.2. The van der Waals surface area contributed by atoms with Crippen molar-refractivity contribution in [1.29, 1.82) is 0 Å². The lowest BCUT2D eigenvalue weighted by Crippen LogP contribution is -2.35. The molecule has 0 aliphatic heterocycles. The fourth-order valence-corrected chi connectivity index (χ4v) is 2.27. The first-order chi connectivity index (χ1) is 9.06. The summed E-state index contributed by atoms with van der Waals surface area (Å²) in [5, 5.41) is 0.698. The quantitative estimate of drug-likeness (QED) is 0.835. The molecule has 1 rings (SSSR count). The Morgan fingerprint density at radius 2 is 2.16 bits per heavy atom. The molecule has 19 heavy (non-hydrogen) atoms. The highest BCUT2D eigenvalue weighted by Gasteiger charge is 2.15. The first-order valence-electron chi connectivity index (χ1n) is 6.84. The number of amides is 1. The Balaban J connectivity index is 2.60. The second-order valence-electron chi connectivity index (χ2n) is 4.79. The number of hydrogen-bond donors (Lipinski definition) is 1. The monoisotopic (exact) mass is 282 g/mol. The first-order valence-corrected chi connectivity index (χ1v) is 7.22. The Hall–Kier alpha value is -1.06. The van der Waals surface area contributed by atoms with E-state index in [4.69, 9.17) is 17.3 Å². The van der Waals surface area contributed by atoms with Crippen LogP contribution in [0.3, 0.4) is 0 Å². The third-order valence-electron chi connectivity index (χ3n) is 3.09. The molecule has 0 aliphatic carbocycles. The van der Waals surface area contributed by atoms with Gasteiger partial charge in [0.2, 0.25) is 5.91 Å². The van der Waals surface area contributed by atoms with Crippen LogP contribution in [0.1, 0.15) is 38.7 Å². The molecule has 1 atom stereocenters. The molecule has 0 spiro atoms. The van der Waals surface area contributed by atoms with Crippen LogP contribution in [0.15, 0.2) is 24.3 Å². The fourth-order valence-electron chi connectivity index (χ4n) is 2.06. The largest absolute Gasteiger partial charge is 0.339 e. The van der Waals surface area contributed by atoms with Crippen LogP contribution in [0.5, 0.6) is 0 Å². The number of rotatable bonds is 7. The van der Waals surface area contributed by atoms with E-state index < -0.39 is 0 Å². The van der Waals surface area contributed by atoms with Gasteiger partial charge in [0.1, 0.15) is 0 Å². The van der Waals surface area contributed by atoms with Crippen molar-refractivity contribution in [3.63, 3.8) is 0 Å². The van der Waals surface area contributed by atoms with E-state index in [1.54, 1.807) is 0 Å². The van der Waals surface area contributed by atoms with E-state index in [-0.39, 0.29) is 11.9 Å². The molecular formula is C15H23ClN2O. The van der Waals surface area contributed by atoms with Crippen LogP contribution >= 0.6 is 11.6 Å². The van der Waals surface area contributed by atoms with Gasteiger partial charge in [-0.15, -0.1) is 0 Å². The molecule has 106 valence electrons. The lowest BCUT2D eigenvalue weighted by Gasteiger charge is -2.23. The van der Waals surface area contributed by atoms with Crippen LogP contribution in [0.25, 0.3) is 0 Å². The molecule has 4 heteroatoms. The fraction of sp³-hybridized carbons (Fsp3) is 0.533. The van der Waals surface area contributed by atoms with Crippen molar-refractivity contribution in [3.8, 4) is 0 Å². The van der Waals surface area contributed by atoms with Gasteiger partial charge in [-0.3, -0.25) is 4.79 Å². The first kappa shape index (κ1) is 16.0. The maximum atomic E-state index is 12.2. The minimum Gasteiger partial charge on any atom is -0.339 e. The van der Waals surface area contributed by atoms with Crippen LogP contribution in [0.4, 0.5) is 0 Å². The third kappa shape index (κ3) is 5.62. The Kier molecular flexibility index (Phi) is 6.89. The van der Waals surface area contributed by atoms with Gasteiger partial charge < -0.3 is 10.6 Å². The zero-order valence-corrected chi connectivity index (χ0v) is 12.5. The molecule has 0 aromatic heterocycles. The maximum Gasteiger partial charge on any atom is 0.224 e. The van der Waals surface area contributed by atoms with E-state index in [2.05, 4.69) is 6.92 Å². The highest BCUT2D eigenvalue weighted by atomic mass is 35.5. The van der Waals surface area contributed by atoms with Crippen LogP contribution in [-0.2, 0) is 11.3 Å². The van der Waals surface area contributed by atoms with Crippen molar-refractivity contribution in [1.82, 2.24) is 4.90 Å². The minimum absolute atomic E-state index is 0.0362. The Morgan fingerprint density at radius 3 is 2.74 bits per heavy atom. The molecule has 2 N–H and O–H groups in total.